The van der Waals surface area contributed by atoms with Gasteiger partial charge in [0.2, 0.25) is 5.88 Å². The van der Waals surface area contributed by atoms with Crippen molar-refractivity contribution in [2.45, 2.75) is 13.8 Å². The summed E-state index contributed by atoms with van der Waals surface area (Å²) >= 11 is 3.48. The van der Waals surface area contributed by atoms with Gasteiger partial charge in [-0.3, -0.25) is 0 Å². The molecule has 0 radical (unpaired) electrons. The number of pyridine rings is 1. The van der Waals surface area contributed by atoms with Crippen LogP contribution in [0.4, 0.5) is 5.69 Å². The first-order valence-electron chi connectivity index (χ1n) is 8.21. The lowest BCUT2D eigenvalue weighted by molar-refractivity contribution is 0.352. The molecular formula is C20H22BrN3O2. The van der Waals surface area contributed by atoms with Gasteiger partial charge in [-0.05, 0) is 48.0 Å². The predicted molar refractivity (Wildman–Crippen MR) is 108 cm³/mol. The highest BCUT2D eigenvalue weighted by Crippen LogP contribution is 2.29. The van der Waals surface area contributed by atoms with Crippen molar-refractivity contribution in [2.75, 3.05) is 27.3 Å². The van der Waals surface area contributed by atoms with Crippen LogP contribution >= 0.6 is 15.9 Å². The number of aromatic nitrogens is 1. The van der Waals surface area contributed by atoms with Crippen molar-refractivity contribution >= 4 is 28.0 Å². The van der Waals surface area contributed by atoms with E-state index < -0.39 is 0 Å². The highest BCUT2D eigenvalue weighted by Gasteiger charge is 2.08. The Kier molecular flexibility index (Phi) is 7.49. The Morgan fingerprint density at radius 1 is 1.35 bits per heavy atom. The molecule has 0 atom stereocenters. The SMILES string of the molecule is CCN(C)C=Nc1cc(Br)c(OCC#Cc2ccccc2OC)nc1C. The maximum absolute atomic E-state index is 5.68. The Labute approximate surface area is 163 Å². The highest BCUT2D eigenvalue weighted by atomic mass is 79.9. The molecule has 1 heterocycles. The van der Waals surface area contributed by atoms with Crippen molar-refractivity contribution < 1.29 is 9.47 Å². The van der Waals surface area contributed by atoms with Gasteiger partial charge in [0.15, 0.2) is 6.61 Å². The summed E-state index contributed by atoms with van der Waals surface area (Å²) in [5.74, 6) is 7.28. The van der Waals surface area contributed by atoms with Crippen LogP contribution in [0.2, 0.25) is 0 Å². The lowest BCUT2D eigenvalue weighted by Crippen LogP contribution is -2.14. The molecular weight excluding hydrogens is 394 g/mol. The van der Waals surface area contributed by atoms with E-state index in [0.717, 1.165) is 33.7 Å². The molecule has 0 aliphatic heterocycles. The quantitative estimate of drug-likeness (QED) is 0.402. The minimum Gasteiger partial charge on any atom is -0.495 e. The van der Waals surface area contributed by atoms with Crippen LogP contribution in [0.15, 0.2) is 39.8 Å². The topological polar surface area (TPSA) is 47.0 Å². The summed E-state index contributed by atoms with van der Waals surface area (Å²) in [6, 6.07) is 9.51. The Morgan fingerprint density at radius 3 is 2.85 bits per heavy atom. The normalized spacial score (nSPS) is 10.3. The van der Waals surface area contributed by atoms with E-state index in [0.29, 0.717) is 5.88 Å². The number of methoxy groups -OCH3 is 1. The third kappa shape index (κ3) is 5.50. The van der Waals surface area contributed by atoms with Gasteiger partial charge in [0, 0.05) is 13.6 Å². The molecule has 1 aromatic heterocycles. The van der Waals surface area contributed by atoms with E-state index in [1.807, 2.05) is 49.2 Å². The molecule has 5 nitrogen and oxygen atoms in total. The molecule has 2 rings (SSSR count). The molecule has 0 bridgehead atoms. The molecule has 0 unspecified atom stereocenters. The molecule has 26 heavy (non-hydrogen) atoms. The van der Waals surface area contributed by atoms with Gasteiger partial charge in [0.1, 0.15) is 5.75 Å². The molecule has 0 amide bonds. The van der Waals surface area contributed by atoms with Crippen LogP contribution < -0.4 is 9.47 Å². The molecule has 0 aliphatic rings. The third-order valence-electron chi connectivity index (χ3n) is 3.61. The van der Waals surface area contributed by atoms with Gasteiger partial charge in [-0.15, -0.1) is 0 Å². The van der Waals surface area contributed by atoms with Gasteiger partial charge in [0.25, 0.3) is 0 Å². The number of hydrogen-bond donors (Lipinski definition) is 0. The predicted octanol–water partition coefficient (Wildman–Crippen LogP) is 4.20. The van der Waals surface area contributed by atoms with E-state index in [-0.39, 0.29) is 6.61 Å². The molecule has 6 heteroatoms. The van der Waals surface area contributed by atoms with Crippen molar-refractivity contribution in [3.63, 3.8) is 0 Å². The fourth-order valence-corrected chi connectivity index (χ4v) is 2.43. The van der Waals surface area contributed by atoms with Crippen LogP contribution in [-0.4, -0.2) is 43.5 Å². The number of nitrogens with zero attached hydrogens (tertiary/aromatic N) is 3. The molecule has 0 fully saturated rings. The van der Waals surface area contributed by atoms with Gasteiger partial charge >= 0.3 is 0 Å². The first kappa shape index (κ1) is 19.8. The minimum absolute atomic E-state index is 0.226. The fourth-order valence-electron chi connectivity index (χ4n) is 2.01. The van der Waals surface area contributed by atoms with Crippen LogP contribution in [0.1, 0.15) is 18.2 Å². The first-order chi connectivity index (χ1) is 12.5. The van der Waals surface area contributed by atoms with Gasteiger partial charge in [-0.25, -0.2) is 9.98 Å². The number of aryl methyl sites for hydroxylation is 1. The summed E-state index contributed by atoms with van der Waals surface area (Å²) in [6.45, 7) is 5.09. The number of halogens is 1. The van der Waals surface area contributed by atoms with Gasteiger partial charge < -0.3 is 14.4 Å². The van der Waals surface area contributed by atoms with E-state index in [1.54, 1.807) is 13.4 Å². The second-order valence-corrected chi connectivity index (χ2v) is 6.34. The maximum Gasteiger partial charge on any atom is 0.229 e. The molecule has 0 N–H and O–H groups in total. The summed E-state index contributed by atoms with van der Waals surface area (Å²) < 4.78 is 11.7. The van der Waals surface area contributed by atoms with Crippen molar-refractivity contribution in [1.29, 1.82) is 0 Å². The Hall–Kier alpha value is -2.52. The number of rotatable bonds is 6. The second kappa shape index (κ2) is 9.83. The van der Waals surface area contributed by atoms with E-state index in [2.05, 4.69) is 44.7 Å². The number of aliphatic imine (C=N–C) groups is 1. The number of para-hydroxylation sites is 1. The first-order valence-corrected chi connectivity index (χ1v) is 9.00. The lowest BCUT2D eigenvalue weighted by atomic mass is 10.2. The number of ether oxygens (including phenoxy) is 2. The number of benzene rings is 1. The van der Waals surface area contributed by atoms with E-state index >= 15 is 0 Å². The van der Waals surface area contributed by atoms with Gasteiger partial charge in [0.05, 0.1) is 34.9 Å². The van der Waals surface area contributed by atoms with E-state index in [4.69, 9.17) is 9.47 Å². The Morgan fingerprint density at radius 2 is 2.12 bits per heavy atom. The Balaban J connectivity index is 2.06. The zero-order valence-corrected chi connectivity index (χ0v) is 17.0. The molecule has 0 spiro atoms. The van der Waals surface area contributed by atoms with Crippen LogP contribution in [-0.2, 0) is 0 Å². The van der Waals surface area contributed by atoms with Gasteiger partial charge in [-0.2, -0.15) is 0 Å². The molecule has 0 saturated carbocycles. The highest BCUT2D eigenvalue weighted by molar-refractivity contribution is 9.10. The minimum atomic E-state index is 0.226. The summed E-state index contributed by atoms with van der Waals surface area (Å²) in [7, 11) is 3.60. The number of hydrogen-bond acceptors (Lipinski definition) is 4. The second-order valence-electron chi connectivity index (χ2n) is 5.49. The monoisotopic (exact) mass is 415 g/mol. The lowest BCUT2D eigenvalue weighted by Gasteiger charge is -2.10. The van der Waals surface area contributed by atoms with E-state index in [9.17, 15) is 0 Å². The third-order valence-corrected chi connectivity index (χ3v) is 4.18. The van der Waals surface area contributed by atoms with Crippen LogP contribution in [0.25, 0.3) is 0 Å². The molecule has 136 valence electrons. The largest absolute Gasteiger partial charge is 0.495 e. The van der Waals surface area contributed by atoms with Crippen molar-refractivity contribution in [1.82, 2.24) is 9.88 Å². The van der Waals surface area contributed by atoms with Gasteiger partial charge in [-0.1, -0.05) is 24.0 Å². The molecule has 0 saturated heterocycles. The summed E-state index contributed by atoms with van der Waals surface area (Å²) in [4.78, 5) is 10.9. The Bertz CT molecular complexity index is 841. The average Bonchev–Trinajstić information content (AvgIpc) is 2.66. The van der Waals surface area contributed by atoms with Crippen molar-refractivity contribution in [2.24, 2.45) is 4.99 Å². The van der Waals surface area contributed by atoms with Crippen molar-refractivity contribution in [3.8, 4) is 23.5 Å². The van der Waals surface area contributed by atoms with Crippen LogP contribution in [0, 0.1) is 18.8 Å². The molecule has 2 aromatic rings. The average molecular weight is 416 g/mol. The summed E-state index contributed by atoms with van der Waals surface area (Å²) in [5, 5.41) is 0. The zero-order valence-electron chi connectivity index (χ0n) is 15.4. The van der Waals surface area contributed by atoms with E-state index in [1.165, 1.54) is 0 Å². The van der Waals surface area contributed by atoms with Crippen molar-refractivity contribution in [3.05, 3.63) is 46.1 Å². The summed E-state index contributed by atoms with van der Waals surface area (Å²) in [6.07, 6.45) is 1.79. The van der Waals surface area contributed by atoms with Crippen LogP contribution in [0.3, 0.4) is 0 Å². The standard InChI is InChI=1S/C20H22BrN3O2/c1-5-24(3)14-22-18-13-17(21)20(23-15(18)2)26-12-8-10-16-9-6-7-11-19(16)25-4/h6-7,9,11,13-14H,5,12H2,1-4H3. The summed E-state index contributed by atoms with van der Waals surface area (Å²) in [5.41, 5.74) is 2.41. The maximum atomic E-state index is 5.68. The smallest absolute Gasteiger partial charge is 0.229 e. The fraction of sp³-hybridized carbons (Fsp3) is 0.300. The zero-order chi connectivity index (χ0) is 18.9. The molecule has 0 aliphatic carbocycles. The van der Waals surface area contributed by atoms with Crippen LogP contribution in [0.5, 0.6) is 11.6 Å². The molecule has 1 aromatic carbocycles.